The van der Waals surface area contributed by atoms with Crippen LogP contribution < -0.4 is 15.8 Å². The van der Waals surface area contributed by atoms with E-state index in [1.807, 2.05) is 28.9 Å². The fourth-order valence-corrected chi connectivity index (χ4v) is 3.32. The summed E-state index contributed by atoms with van der Waals surface area (Å²) in [6.45, 7) is 0. The van der Waals surface area contributed by atoms with Crippen molar-refractivity contribution in [2.75, 3.05) is 18.2 Å². The summed E-state index contributed by atoms with van der Waals surface area (Å²) in [6.07, 6.45) is 6.20. The van der Waals surface area contributed by atoms with E-state index >= 15 is 0 Å². The van der Waals surface area contributed by atoms with E-state index in [9.17, 15) is 0 Å². The van der Waals surface area contributed by atoms with Crippen LogP contribution in [0, 0.1) is 0 Å². The maximum Gasteiger partial charge on any atom is 0.165 e. The van der Waals surface area contributed by atoms with E-state index in [2.05, 4.69) is 15.3 Å². The van der Waals surface area contributed by atoms with E-state index in [0.29, 0.717) is 17.7 Å². The van der Waals surface area contributed by atoms with Crippen molar-refractivity contribution in [1.82, 2.24) is 19.7 Å². The fourth-order valence-electron chi connectivity index (χ4n) is 3.32. The molecule has 3 aromatic rings. The van der Waals surface area contributed by atoms with Crippen LogP contribution in [0.1, 0.15) is 31.7 Å². The average Bonchev–Trinajstić information content (AvgIpc) is 3.24. The molecule has 0 aliphatic heterocycles. The van der Waals surface area contributed by atoms with Crippen LogP contribution in [0.3, 0.4) is 0 Å². The van der Waals surface area contributed by atoms with Gasteiger partial charge in [-0.25, -0.2) is 14.6 Å². The Morgan fingerprint density at radius 2 is 2.08 bits per heavy atom. The highest BCUT2D eigenvalue weighted by atomic mass is 16.5. The number of fused-ring (bicyclic) bond motifs is 1. The Balaban J connectivity index is 1.79. The van der Waals surface area contributed by atoms with Gasteiger partial charge in [0.2, 0.25) is 0 Å². The van der Waals surface area contributed by atoms with E-state index in [4.69, 9.17) is 15.6 Å². The quantitative estimate of drug-likeness (QED) is 0.765. The molecule has 24 heavy (non-hydrogen) atoms. The molecule has 124 valence electrons. The molecule has 7 heteroatoms. The number of aromatic nitrogens is 4. The van der Waals surface area contributed by atoms with Crippen LogP contribution in [-0.4, -0.2) is 26.9 Å². The number of ether oxygens (including phenoxy) is 1. The summed E-state index contributed by atoms with van der Waals surface area (Å²) in [5, 5.41) is 8.87. The van der Waals surface area contributed by atoms with Gasteiger partial charge in [0, 0.05) is 11.8 Å². The second-order valence-corrected chi connectivity index (χ2v) is 6.05. The third-order valence-electron chi connectivity index (χ3n) is 4.52. The first kappa shape index (κ1) is 14.7. The smallest absolute Gasteiger partial charge is 0.165 e. The van der Waals surface area contributed by atoms with Crippen molar-refractivity contribution < 1.29 is 4.74 Å². The molecule has 4 rings (SSSR count). The number of methoxy groups -OCH3 is 1. The second-order valence-electron chi connectivity index (χ2n) is 6.05. The van der Waals surface area contributed by atoms with Crippen LogP contribution >= 0.6 is 0 Å². The molecule has 0 saturated heterocycles. The Morgan fingerprint density at radius 3 is 2.88 bits per heavy atom. The first-order chi connectivity index (χ1) is 11.8. The minimum atomic E-state index is 0.377. The van der Waals surface area contributed by atoms with E-state index in [1.165, 1.54) is 19.2 Å². The van der Waals surface area contributed by atoms with Gasteiger partial charge in [0.25, 0.3) is 0 Å². The van der Waals surface area contributed by atoms with Crippen LogP contribution in [-0.2, 0) is 0 Å². The lowest BCUT2D eigenvalue weighted by molar-refractivity contribution is 0.415. The van der Waals surface area contributed by atoms with E-state index < -0.39 is 0 Å². The summed E-state index contributed by atoms with van der Waals surface area (Å²) < 4.78 is 7.28. The minimum absolute atomic E-state index is 0.377. The molecule has 7 nitrogen and oxygen atoms in total. The third kappa shape index (κ3) is 2.51. The summed E-state index contributed by atoms with van der Waals surface area (Å²) in [6, 6.07) is 8.08. The van der Waals surface area contributed by atoms with Crippen molar-refractivity contribution in [3.8, 4) is 5.75 Å². The van der Waals surface area contributed by atoms with E-state index in [-0.39, 0.29) is 0 Å². The normalized spacial score (nSPS) is 15.0. The van der Waals surface area contributed by atoms with Gasteiger partial charge in [-0.05, 0) is 25.0 Å². The largest absolute Gasteiger partial charge is 0.497 e. The van der Waals surface area contributed by atoms with Crippen LogP contribution in [0.4, 0.5) is 17.3 Å². The Hall–Kier alpha value is -2.83. The molecule has 0 amide bonds. The summed E-state index contributed by atoms with van der Waals surface area (Å²) in [7, 11) is 1.65. The van der Waals surface area contributed by atoms with Crippen molar-refractivity contribution in [1.29, 1.82) is 0 Å². The highest BCUT2D eigenvalue weighted by Crippen LogP contribution is 2.35. The molecule has 2 heterocycles. The summed E-state index contributed by atoms with van der Waals surface area (Å²) in [5.74, 6) is 1.90. The number of rotatable bonds is 4. The SMILES string of the molecule is COc1cccc(Nc2nn(C3CCCC3)c3ncnc(N)c23)c1. The molecule has 1 aromatic carbocycles. The predicted octanol–water partition coefficient (Wildman–Crippen LogP) is 3.28. The molecule has 2 aromatic heterocycles. The first-order valence-electron chi connectivity index (χ1n) is 8.16. The van der Waals surface area contributed by atoms with E-state index in [1.54, 1.807) is 7.11 Å². The van der Waals surface area contributed by atoms with Gasteiger partial charge >= 0.3 is 0 Å². The highest BCUT2D eigenvalue weighted by molar-refractivity contribution is 5.97. The number of benzene rings is 1. The Bertz CT molecular complexity index is 869. The van der Waals surface area contributed by atoms with Gasteiger partial charge in [0.15, 0.2) is 11.5 Å². The molecule has 0 bridgehead atoms. The van der Waals surface area contributed by atoms with Gasteiger partial charge in [-0.1, -0.05) is 18.9 Å². The van der Waals surface area contributed by atoms with Crippen LogP contribution in [0.25, 0.3) is 11.0 Å². The lowest BCUT2D eigenvalue weighted by Gasteiger charge is -2.10. The number of hydrogen-bond acceptors (Lipinski definition) is 6. The topological polar surface area (TPSA) is 90.9 Å². The van der Waals surface area contributed by atoms with Crippen molar-refractivity contribution >= 4 is 28.4 Å². The van der Waals surface area contributed by atoms with Gasteiger partial charge in [-0.2, -0.15) is 5.10 Å². The summed E-state index contributed by atoms with van der Waals surface area (Å²) in [5.41, 5.74) is 7.79. The van der Waals surface area contributed by atoms with Gasteiger partial charge in [0.05, 0.1) is 13.2 Å². The van der Waals surface area contributed by atoms with Crippen LogP contribution in [0.2, 0.25) is 0 Å². The zero-order valence-corrected chi connectivity index (χ0v) is 13.6. The standard InChI is InChI=1S/C17H20N6O/c1-24-13-8-4-5-11(9-13)21-16-14-15(18)19-10-20-17(14)23(22-16)12-6-2-3-7-12/h4-5,8-10,12H,2-3,6-7H2,1H3,(H,21,22)(H2,18,19,20). The van der Waals surface area contributed by atoms with Crippen molar-refractivity contribution in [2.24, 2.45) is 0 Å². The average molecular weight is 324 g/mol. The van der Waals surface area contributed by atoms with Crippen molar-refractivity contribution in [3.05, 3.63) is 30.6 Å². The number of hydrogen-bond donors (Lipinski definition) is 2. The molecule has 1 aliphatic carbocycles. The second kappa shape index (κ2) is 5.99. The number of anilines is 3. The van der Waals surface area contributed by atoms with Gasteiger partial charge < -0.3 is 15.8 Å². The number of nitrogens with one attached hydrogen (secondary N) is 1. The molecule has 1 saturated carbocycles. The summed E-state index contributed by atoms with van der Waals surface area (Å²) >= 11 is 0. The molecular formula is C17H20N6O. The van der Waals surface area contributed by atoms with Crippen molar-refractivity contribution in [3.63, 3.8) is 0 Å². The zero-order chi connectivity index (χ0) is 16.5. The molecular weight excluding hydrogens is 304 g/mol. The monoisotopic (exact) mass is 324 g/mol. The third-order valence-corrected chi connectivity index (χ3v) is 4.52. The van der Waals surface area contributed by atoms with Gasteiger partial charge in [-0.3, -0.25) is 0 Å². The fraction of sp³-hybridized carbons (Fsp3) is 0.353. The lowest BCUT2D eigenvalue weighted by Crippen LogP contribution is -2.07. The van der Waals surface area contributed by atoms with Crippen LogP contribution in [0.5, 0.6) is 5.75 Å². The Morgan fingerprint density at radius 1 is 1.25 bits per heavy atom. The maximum absolute atomic E-state index is 6.11. The zero-order valence-electron chi connectivity index (χ0n) is 13.6. The minimum Gasteiger partial charge on any atom is -0.497 e. The van der Waals surface area contributed by atoms with Crippen LogP contribution in [0.15, 0.2) is 30.6 Å². The molecule has 1 aliphatic rings. The molecule has 0 atom stereocenters. The van der Waals surface area contributed by atoms with Crippen molar-refractivity contribution in [2.45, 2.75) is 31.7 Å². The lowest BCUT2D eigenvalue weighted by atomic mass is 10.2. The molecule has 0 spiro atoms. The van der Waals surface area contributed by atoms with E-state index in [0.717, 1.165) is 35.3 Å². The highest BCUT2D eigenvalue weighted by Gasteiger charge is 2.24. The van der Waals surface area contributed by atoms with Gasteiger partial charge in [0.1, 0.15) is 23.3 Å². The molecule has 0 radical (unpaired) electrons. The number of nitrogen functional groups attached to an aromatic ring is 1. The number of nitrogens with two attached hydrogens (primary N) is 1. The summed E-state index contributed by atoms with van der Waals surface area (Å²) in [4.78, 5) is 8.56. The number of nitrogens with zero attached hydrogens (tertiary/aromatic N) is 4. The predicted molar refractivity (Wildman–Crippen MR) is 93.5 cm³/mol. The maximum atomic E-state index is 6.11. The van der Waals surface area contributed by atoms with Gasteiger partial charge in [-0.15, -0.1) is 0 Å². The molecule has 1 fully saturated rings. The Labute approximate surface area is 139 Å². The molecule has 3 N–H and O–H groups in total. The molecule has 0 unspecified atom stereocenters. The Kier molecular flexibility index (Phi) is 3.68. The first-order valence-corrected chi connectivity index (χ1v) is 8.16.